The number of anilines is 1. The number of nitrogens with zero attached hydrogens (tertiary/aromatic N) is 4. The maximum absolute atomic E-state index is 14.0. The van der Waals surface area contributed by atoms with Crippen LogP contribution in [0, 0.1) is 11.6 Å². The van der Waals surface area contributed by atoms with E-state index in [0.717, 1.165) is 22.0 Å². The van der Waals surface area contributed by atoms with E-state index in [1.165, 1.54) is 17.8 Å². The van der Waals surface area contributed by atoms with E-state index in [9.17, 15) is 17.2 Å². The van der Waals surface area contributed by atoms with Crippen LogP contribution in [0.2, 0.25) is 5.02 Å². The molecule has 2 heterocycles. The van der Waals surface area contributed by atoms with Crippen LogP contribution in [0.15, 0.2) is 59.6 Å². The van der Waals surface area contributed by atoms with Gasteiger partial charge >= 0.3 is 0 Å². The molecule has 0 saturated heterocycles. The second-order valence-electron chi connectivity index (χ2n) is 7.52. The number of nitrogens with one attached hydrogen (secondary N) is 1. The monoisotopic (exact) mass is 501 g/mol. The molecule has 0 fully saturated rings. The molecule has 2 aromatic heterocycles. The summed E-state index contributed by atoms with van der Waals surface area (Å²) in [5.41, 5.74) is 2.15. The summed E-state index contributed by atoms with van der Waals surface area (Å²) >= 11 is 6.33. The van der Waals surface area contributed by atoms with Gasteiger partial charge in [0.05, 0.1) is 5.69 Å². The molecule has 7 nitrogen and oxygen atoms in total. The lowest BCUT2D eigenvalue weighted by Gasteiger charge is -2.18. The number of hydrogen-bond acceptors (Lipinski definition) is 5. The van der Waals surface area contributed by atoms with Crippen molar-refractivity contribution in [3.8, 4) is 11.3 Å². The van der Waals surface area contributed by atoms with E-state index in [2.05, 4.69) is 15.4 Å². The summed E-state index contributed by atoms with van der Waals surface area (Å²) in [5, 5.41) is 7.97. The lowest BCUT2D eigenvalue weighted by molar-refractivity contribution is 0.457. The maximum atomic E-state index is 14.0. The van der Waals surface area contributed by atoms with E-state index >= 15 is 0 Å². The average molecular weight is 502 g/mol. The Hall–Kier alpha value is -3.02. The third-order valence-corrected chi connectivity index (χ3v) is 7.39. The Kier molecular flexibility index (Phi) is 6.87. The van der Waals surface area contributed by atoms with Crippen LogP contribution in [0.1, 0.15) is 6.42 Å². The SMILES string of the molecule is [B]c1cnn2c(NCCCN(C)S(=O)(=O)c3cc(F)ccc3F)cc(-c3ccccc3Cl)nc12. The van der Waals surface area contributed by atoms with Crippen molar-refractivity contribution >= 4 is 46.4 Å². The molecule has 0 atom stereocenters. The molecule has 4 rings (SSSR count). The average Bonchev–Trinajstić information content (AvgIpc) is 3.19. The van der Waals surface area contributed by atoms with Crippen LogP contribution in [-0.4, -0.2) is 55.3 Å². The van der Waals surface area contributed by atoms with Crippen molar-refractivity contribution in [2.75, 3.05) is 25.5 Å². The fourth-order valence-corrected chi connectivity index (χ4v) is 4.91. The predicted octanol–water partition coefficient (Wildman–Crippen LogP) is 3.24. The standard InChI is InChI=1S/C22H19BClF2N5O2S/c1-30(34(32,33)20-11-14(25)7-8-18(20)26)10-4-9-27-21-12-19(15-5-2-3-6-17(15)24)29-22-16(23)13-28-31(21)22/h2-3,5-8,11-13,27H,4,9-10H2,1H3. The van der Waals surface area contributed by atoms with Gasteiger partial charge in [0.25, 0.3) is 0 Å². The zero-order valence-electron chi connectivity index (χ0n) is 18.0. The zero-order chi connectivity index (χ0) is 24.5. The first kappa shape index (κ1) is 24.1. The van der Waals surface area contributed by atoms with Crippen molar-refractivity contribution in [1.29, 1.82) is 0 Å². The Morgan fingerprint density at radius 3 is 2.71 bits per heavy atom. The van der Waals surface area contributed by atoms with Gasteiger partial charge in [-0.25, -0.2) is 26.5 Å². The summed E-state index contributed by atoms with van der Waals surface area (Å²) < 4.78 is 55.2. The van der Waals surface area contributed by atoms with Gasteiger partial charge in [0, 0.05) is 43.0 Å². The fourth-order valence-electron chi connectivity index (χ4n) is 3.39. The van der Waals surface area contributed by atoms with E-state index in [-0.39, 0.29) is 6.54 Å². The van der Waals surface area contributed by atoms with Crippen molar-refractivity contribution in [3.05, 3.63) is 71.4 Å². The zero-order valence-corrected chi connectivity index (χ0v) is 19.6. The minimum absolute atomic E-state index is 0.0676. The molecule has 0 aliphatic carbocycles. The van der Waals surface area contributed by atoms with Crippen LogP contribution in [0.25, 0.3) is 16.9 Å². The quantitative estimate of drug-likeness (QED) is 0.296. The van der Waals surface area contributed by atoms with Crippen LogP contribution < -0.4 is 10.8 Å². The van der Waals surface area contributed by atoms with Crippen LogP contribution in [0.5, 0.6) is 0 Å². The normalized spacial score (nSPS) is 11.9. The molecule has 0 spiro atoms. The lowest BCUT2D eigenvalue weighted by Crippen LogP contribution is -2.30. The third-order valence-electron chi connectivity index (χ3n) is 5.19. The van der Waals surface area contributed by atoms with Crippen molar-refractivity contribution in [2.45, 2.75) is 11.3 Å². The number of fused-ring (bicyclic) bond motifs is 1. The van der Waals surface area contributed by atoms with Gasteiger partial charge in [-0.3, -0.25) is 0 Å². The summed E-state index contributed by atoms with van der Waals surface area (Å²) in [7, 11) is 3.14. The largest absolute Gasteiger partial charge is 0.370 e. The van der Waals surface area contributed by atoms with Crippen LogP contribution >= 0.6 is 11.6 Å². The van der Waals surface area contributed by atoms with Crippen molar-refractivity contribution in [2.24, 2.45) is 0 Å². The molecule has 0 bridgehead atoms. The Morgan fingerprint density at radius 2 is 1.94 bits per heavy atom. The topological polar surface area (TPSA) is 79.6 Å². The molecule has 2 radical (unpaired) electrons. The van der Waals surface area contributed by atoms with Gasteiger partial charge in [-0.05, 0) is 36.1 Å². The number of halogens is 3. The van der Waals surface area contributed by atoms with E-state index in [4.69, 9.17) is 19.4 Å². The molecule has 174 valence electrons. The van der Waals surface area contributed by atoms with Gasteiger partial charge in [0.2, 0.25) is 10.0 Å². The molecule has 0 unspecified atom stereocenters. The first-order chi connectivity index (χ1) is 16.2. The van der Waals surface area contributed by atoms with Gasteiger partial charge in [0.1, 0.15) is 30.2 Å². The van der Waals surface area contributed by atoms with Crippen molar-refractivity contribution < 1.29 is 17.2 Å². The third kappa shape index (κ3) is 4.77. The molecule has 0 amide bonds. The highest BCUT2D eigenvalue weighted by Gasteiger charge is 2.24. The highest BCUT2D eigenvalue weighted by Crippen LogP contribution is 2.28. The first-order valence-corrected chi connectivity index (χ1v) is 12.0. The minimum Gasteiger partial charge on any atom is -0.370 e. The van der Waals surface area contributed by atoms with Gasteiger partial charge in [-0.15, -0.1) is 0 Å². The van der Waals surface area contributed by atoms with Crippen LogP contribution in [-0.2, 0) is 10.0 Å². The molecular formula is C22H19BClF2N5O2S. The molecule has 0 saturated carbocycles. The van der Waals surface area contributed by atoms with Gasteiger partial charge in [-0.2, -0.15) is 9.61 Å². The Labute approximate surface area is 201 Å². The Bertz CT molecular complexity index is 1470. The highest BCUT2D eigenvalue weighted by atomic mass is 35.5. The second kappa shape index (κ2) is 9.69. The van der Waals surface area contributed by atoms with Crippen LogP contribution in [0.4, 0.5) is 14.6 Å². The molecule has 34 heavy (non-hydrogen) atoms. The Morgan fingerprint density at radius 1 is 1.18 bits per heavy atom. The summed E-state index contributed by atoms with van der Waals surface area (Å²) in [6, 6.07) is 11.4. The number of sulfonamides is 1. The van der Waals surface area contributed by atoms with Gasteiger partial charge in [0.15, 0.2) is 5.65 Å². The molecule has 12 heteroatoms. The van der Waals surface area contributed by atoms with Crippen LogP contribution in [0.3, 0.4) is 0 Å². The minimum atomic E-state index is -4.18. The molecule has 2 aromatic carbocycles. The second-order valence-corrected chi connectivity index (χ2v) is 9.94. The maximum Gasteiger partial charge on any atom is 0.245 e. The number of aromatic nitrogens is 3. The molecule has 0 aliphatic rings. The summed E-state index contributed by atoms with van der Waals surface area (Å²) in [5.74, 6) is -1.25. The predicted molar refractivity (Wildman–Crippen MR) is 128 cm³/mol. The van der Waals surface area contributed by atoms with Gasteiger partial charge < -0.3 is 5.32 Å². The molecule has 1 N–H and O–H groups in total. The van der Waals surface area contributed by atoms with Crippen molar-refractivity contribution in [3.63, 3.8) is 0 Å². The number of hydrogen-bond donors (Lipinski definition) is 1. The van der Waals surface area contributed by atoms with E-state index in [1.54, 1.807) is 12.1 Å². The first-order valence-electron chi connectivity index (χ1n) is 10.2. The van der Waals surface area contributed by atoms with E-state index < -0.39 is 26.6 Å². The highest BCUT2D eigenvalue weighted by molar-refractivity contribution is 7.89. The summed E-state index contributed by atoms with van der Waals surface area (Å²) in [4.78, 5) is 3.86. The summed E-state index contributed by atoms with van der Waals surface area (Å²) in [6.45, 7) is 0.421. The van der Waals surface area contributed by atoms with Gasteiger partial charge in [-0.1, -0.05) is 29.8 Å². The lowest BCUT2D eigenvalue weighted by atomic mass is 10.0. The van der Waals surface area contributed by atoms with Crippen molar-refractivity contribution in [1.82, 2.24) is 18.9 Å². The molecule has 4 aromatic rings. The molecule has 0 aliphatic heterocycles. The fraction of sp³-hybridized carbons (Fsp3) is 0.182. The smallest absolute Gasteiger partial charge is 0.245 e. The van der Waals surface area contributed by atoms with E-state index in [1.807, 2.05) is 18.2 Å². The van der Waals surface area contributed by atoms with E-state index in [0.29, 0.717) is 46.7 Å². The number of rotatable bonds is 8. The number of benzene rings is 2. The molecular weight excluding hydrogens is 483 g/mol. The summed E-state index contributed by atoms with van der Waals surface area (Å²) in [6.07, 6.45) is 1.85. The Balaban J connectivity index is 1.50.